The molecule has 5 heteroatoms. The second kappa shape index (κ2) is 5.35. The van der Waals surface area contributed by atoms with E-state index in [1.807, 2.05) is 0 Å². The van der Waals surface area contributed by atoms with Gasteiger partial charge in [0.25, 0.3) is 5.91 Å². The maximum absolute atomic E-state index is 13.2. The lowest BCUT2D eigenvalue weighted by atomic mass is 10.1. The number of ether oxygens (including phenoxy) is 1. The molecule has 0 atom stereocenters. The molecule has 0 fully saturated rings. The molecule has 0 saturated carbocycles. The Bertz CT molecular complexity index is 440. The number of hydrogen-bond donors (Lipinski definition) is 1. The largest absolute Gasteiger partial charge is 0.496 e. The van der Waals surface area contributed by atoms with E-state index < -0.39 is 17.3 Å². The molecule has 0 saturated heterocycles. The molecule has 1 rings (SSSR count). The molecule has 0 bridgehead atoms. The Hall–Kier alpha value is -1.62. The first-order valence-electron chi connectivity index (χ1n) is 5.56. The highest BCUT2D eigenvalue weighted by molar-refractivity contribution is 5.96. The van der Waals surface area contributed by atoms with Gasteiger partial charge in [0.05, 0.1) is 18.3 Å². The van der Waals surface area contributed by atoms with Gasteiger partial charge in [0, 0.05) is 13.6 Å². The van der Waals surface area contributed by atoms with Gasteiger partial charge in [-0.05, 0) is 32.0 Å². The van der Waals surface area contributed by atoms with Crippen molar-refractivity contribution in [2.75, 3.05) is 20.7 Å². The zero-order chi connectivity index (χ0) is 13.9. The Labute approximate surface area is 106 Å². The van der Waals surface area contributed by atoms with Crippen LogP contribution in [-0.4, -0.2) is 42.2 Å². The van der Waals surface area contributed by atoms with E-state index in [9.17, 15) is 14.3 Å². The summed E-state index contributed by atoms with van der Waals surface area (Å²) in [6.07, 6.45) is 0. The zero-order valence-corrected chi connectivity index (χ0v) is 11.0. The molecule has 0 aliphatic heterocycles. The van der Waals surface area contributed by atoms with Crippen molar-refractivity contribution in [3.05, 3.63) is 29.6 Å². The average molecular weight is 255 g/mol. The van der Waals surface area contributed by atoms with E-state index in [1.54, 1.807) is 20.9 Å². The van der Waals surface area contributed by atoms with Crippen LogP contribution in [0.2, 0.25) is 0 Å². The standard InChI is InChI=1S/C13H18FNO3/c1-13(2,17)8-15(3)12(16)10-7-9(14)5-6-11(10)18-4/h5-7,17H,8H2,1-4H3. The van der Waals surface area contributed by atoms with Gasteiger partial charge < -0.3 is 14.7 Å². The van der Waals surface area contributed by atoms with Crippen molar-refractivity contribution in [3.8, 4) is 5.75 Å². The van der Waals surface area contributed by atoms with Gasteiger partial charge >= 0.3 is 0 Å². The van der Waals surface area contributed by atoms with E-state index in [2.05, 4.69) is 0 Å². The highest BCUT2D eigenvalue weighted by atomic mass is 19.1. The molecule has 0 spiro atoms. The molecule has 1 N–H and O–H groups in total. The summed E-state index contributed by atoms with van der Waals surface area (Å²) in [6, 6.07) is 3.76. The monoisotopic (exact) mass is 255 g/mol. The Balaban J connectivity index is 2.99. The molecular formula is C13H18FNO3. The van der Waals surface area contributed by atoms with Gasteiger partial charge in [-0.25, -0.2) is 4.39 Å². The first kappa shape index (κ1) is 14.4. The number of hydrogen-bond acceptors (Lipinski definition) is 3. The zero-order valence-electron chi connectivity index (χ0n) is 11.0. The minimum atomic E-state index is -1.01. The van der Waals surface area contributed by atoms with Crippen LogP contribution < -0.4 is 4.74 Å². The number of aliphatic hydroxyl groups is 1. The van der Waals surface area contributed by atoms with Gasteiger partial charge in [-0.1, -0.05) is 0 Å². The van der Waals surface area contributed by atoms with Gasteiger partial charge in [-0.15, -0.1) is 0 Å². The van der Waals surface area contributed by atoms with Crippen molar-refractivity contribution in [3.63, 3.8) is 0 Å². The third kappa shape index (κ3) is 3.70. The smallest absolute Gasteiger partial charge is 0.257 e. The van der Waals surface area contributed by atoms with Gasteiger partial charge in [-0.2, -0.15) is 0 Å². The normalized spacial score (nSPS) is 11.2. The minimum Gasteiger partial charge on any atom is -0.496 e. The highest BCUT2D eigenvalue weighted by Crippen LogP contribution is 2.21. The van der Waals surface area contributed by atoms with Gasteiger partial charge in [-0.3, -0.25) is 4.79 Å². The van der Waals surface area contributed by atoms with Crippen LogP contribution in [0.25, 0.3) is 0 Å². The molecule has 1 aromatic rings. The third-order valence-corrected chi connectivity index (χ3v) is 2.36. The second-order valence-electron chi connectivity index (χ2n) is 4.82. The van der Waals surface area contributed by atoms with Crippen molar-refractivity contribution in [2.45, 2.75) is 19.4 Å². The fourth-order valence-electron chi connectivity index (χ4n) is 1.71. The maximum Gasteiger partial charge on any atom is 0.257 e. The SMILES string of the molecule is COc1ccc(F)cc1C(=O)N(C)CC(C)(C)O. The Morgan fingerprint density at radius 1 is 1.50 bits per heavy atom. The van der Waals surface area contributed by atoms with Gasteiger partial charge in [0.2, 0.25) is 0 Å². The summed E-state index contributed by atoms with van der Waals surface area (Å²) in [5.41, 5.74) is -0.866. The number of amides is 1. The summed E-state index contributed by atoms with van der Waals surface area (Å²) in [5.74, 6) is -0.590. The van der Waals surface area contributed by atoms with E-state index in [0.717, 1.165) is 6.07 Å². The van der Waals surface area contributed by atoms with Gasteiger partial charge in [0.15, 0.2) is 0 Å². The molecular weight excluding hydrogens is 237 g/mol. The van der Waals surface area contributed by atoms with Crippen LogP contribution in [0.15, 0.2) is 18.2 Å². The summed E-state index contributed by atoms with van der Waals surface area (Å²) in [4.78, 5) is 13.5. The molecule has 0 heterocycles. The van der Waals surface area contributed by atoms with Crippen molar-refractivity contribution >= 4 is 5.91 Å². The van der Waals surface area contributed by atoms with Crippen LogP contribution in [0.4, 0.5) is 4.39 Å². The van der Waals surface area contributed by atoms with Crippen molar-refractivity contribution in [1.82, 2.24) is 4.90 Å². The van der Waals surface area contributed by atoms with Crippen molar-refractivity contribution < 1.29 is 19.0 Å². The Kier molecular flexibility index (Phi) is 4.29. The predicted octanol–water partition coefficient (Wildman–Crippen LogP) is 1.68. The number of methoxy groups -OCH3 is 1. The van der Waals surface area contributed by atoms with Crippen LogP contribution in [-0.2, 0) is 0 Å². The van der Waals surface area contributed by atoms with E-state index in [0.29, 0.717) is 5.75 Å². The molecule has 0 aromatic heterocycles. The molecule has 0 aliphatic carbocycles. The van der Waals surface area contributed by atoms with E-state index in [-0.39, 0.29) is 12.1 Å². The number of rotatable bonds is 4. The molecule has 4 nitrogen and oxygen atoms in total. The first-order chi connectivity index (χ1) is 8.24. The van der Waals surface area contributed by atoms with Gasteiger partial charge in [0.1, 0.15) is 11.6 Å². The number of likely N-dealkylation sites (N-methyl/N-ethyl adjacent to an activating group) is 1. The average Bonchev–Trinajstić information content (AvgIpc) is 2.25. The Morgan fingerprint density at radius 2 is 2.11 bits per heavy atom. The Morgan fingerprint density at radius 3 is 2.61 bits per heavy atom. The summed E-state index contributed by atoms with van der Waals surface area (Å²) < 4.78 is 18.2. The molecule has 100 valence electrons. The van der Waals surface area contributed by atoms with Crippen LogP contribution in [0, 0.1) is 5.82 Å². The first-order valence-corrected chi connectivity index (χ1v) is 5.56. The van der Waals surface area contributed by atoms with E-state index >= 15 is 0 Å². The summed E-state index contributed by atoms with van der Waals surface area (Å²) in [7, 11) is 2.96. The number of benzene rings is 1. The molecule has 18 heavy (non-hydrogen) atoms. The lowest BCUT2D eigenvalue weighted by Crippen LogP contribution is -2.39. The van der Waals surface area contributed by atoms with Crippen LogP contribution in [0.5, 0.6) is 5.75 Å². The second-order valence-corrected chi connectivity index (χ2v) is 4.82. The van der Waals surface area contributed by atoms with Crippen LogP contribution >= 0.6 is 0 Å². The molecule has 0 radical (unpaired) electrons. The molecule has 0 aliphatic rings. The topological polar surface area (TPSA) is 49.8 Å². The fraction of sp³-hybridized carbons (Fsp3) is 0.462. The number of nitrogens with zero attached hydrogens (tertiary/aromatic N) is 1. The lowest BCUT2D eigenvalue weighted by Gasteiger charge is -2.26. The van der Waals surface area contributed by atoms with E-state index in [1.165, 1.54) is 24.1 Å². The molecule has 1 amide bonds. The highest BCUT2D eigenvalue weighted by Gasteiger charge is 2.22. The maximum atomic E-state index is 13.2. The van der Waals surface area contributed by atoms with Crippen LogP contribution in [0.1, 0.15) is 24.2 Å². The number of carbonyl (C=O) groups excluding carboxylic acids is 1. The summed E-state index contributed by atoms with van der Waals surface area (Å²) in [6.45, 7) is 3.34. The number of carbonyl (C=O) groups is 1. The number of halogens is 1. The predicted molar refractivity (Wildman–Crippen MR) is 66.2 cm³/mol. The fourth-order valence-corrected chi connectivity index (χ4v) is 1.71. The van der Waals surface area contributed by atoms with Crippen molar-refractivity contribution in [2.24, 2.45) is 0 Å². The van der Waals surface area contributed by atoms with Crippen molar-refractivity contribution in [1.29, 1.82) is 0 Å². The summed E-state index contributed by atoms with van der Waals surface area (Å²) in [5, 5.41) is 9.67. The van der Waals surface area contributed by atoms with Crippen LogP contribution in [0.3, 0.4) is 0 Å². The molecule has 0 unspecified atom stereocenters. The minimum absolute atomic E-state index is 0.143. The molecule has 1 aromatic carbocycles. The lowest BCUT2D eigenvalue weighted by molar-refractivity contribution is 0.0366. The van der Waals surface area contributed by atoms with E-state index in [4.69, 9.17) is 4.74 Å². The quantitative estimate of drug-likeness (QED) is 0.890. The third-order valence-electron chi connectivity index (χ3n) is 2.36. The summed E-state index contributed by atoms with van der Waals surface area (Å²) >= 11 is 0.